The molecule has 1 heterocycles. The van der Waals surface area contributed by atoms with Crippen LogP contribution in [0.2, 0.25) is 0 Å². The van der Waals surface area contributed by atoms with Crippen LogP contribution in [-0.2, 0) is 22.6 Å². The summed E-state index contributed by atoms with van der Waals surface area (Å²) in [6.45, 7) is 7.87. The summed E-state index contributed by atoms with van der Waals surface area (Å²) in [5, 5.41) is 15.3. The SMILES string of the molecule is C=CCN(C)C[C@@H]1O[C@H](c2ccc(CNC(=O)Nc3ccc(Oc4ccccc4)cc3)cc2)O[C@H](c2ccc(CO)cc2)[C@@H]1C. The van der Waals surface area contributed by atoms with Crippen LogP contribution < -0.4 is 15.4 Å². The van der Waals surface area contributed by atoms with Crippen molar-refractivity contribution in [3.8, 4) is 11.5 Å². The molecule has 4 aromatic carbocycles. The summed E-state index contributed by atoms with van der Waals surface area (Å²) in [6.07, 6.45) is 1.09. The maximum absolute atomic E-state index is 12.6. The fourth-order valence-corrected chi connectivity index (χ4v) is 5.31. The molecule has 1 aliphatic heterocycles. The molecule has 8 heteroatoms. The molecule has 1 fully saturated rings. The van der Waals surface area contributed by atoms with E-state index in [1.807, 2.05) is 97.1 Å². The molecule has 5 rings (SSSR count). The number of hydrogen-bond donors (Lipinski definition) is 3. The van der Waals surface area contributed by atoms with Crippen LogP contribution in [-0.4, -0.2) is 42.3 Å². The number of likely N-dealkylation sites (N-methyl/N-ethyl adjacent to an activating group) is 1. The predicted molar refractivity (Wildman–Crippen MR) is 176 cm³/mol. The summed E-state index contributed by atoms with van der Waals surface area (Å²) in [5.41, 5.74) is 4.43. The second-order valence-electron chi connectivity index (χ2n) is 11.3. The molecule has 1 saturated heterocycles. The third kappa shape index (κ3) is 8.80. The van der Waals surface area contributed by atoms with Gasteiger partial charge in [0.25, 0.3) is 0 Å². The van der Waals surface area contributed by atoms with Crippen molar-refractivity contribution in [2.24, 2.45) is 5.92 Å². The summed E-state index contributed by atoms with van der Waals surface area (Å²) in [7, 11) is 2.06. The molecule has 0 unspecified atom stereocenters. The van der Waals surface area contributed by atoms with E-state index in [1.165, 1.54) is 0 Å². The van der Waals surface area contributed by atoms with Gasteiger partial charge in [-0.25, -0.2) is 4.79 Å². The lowest BCUT2D eigenvalue weighted by Gasteiger charge is -2.42. The standard InChI is InChI=1S/C37H41N3O5/c1-4-22-40(3)24-34-26(2)35(29-14-12-28(25-41)13-15-29)45-36(44-34)30-16-10-27(11-17-30)23-38-37(42)39-31-18-20-33(21-19-31)43-32-8-6-5-7-9-32/h4-21,26,34-36,41H,1,22-25H2,2-3H3,(H2,38,39,42)/t26-,34+,35+,36+/m1/s1. The molecule has 0 bridgehead atoms. The first-order chi connectivity index (χ1) is 21.9. The van der Waals surface area contributed by atoms with Crippen LogP contribution in [0.3, 0.4) is 0 Å². The number of carbonyl (C=O) groups is 1. The molecule has 234 valence electrons. The fraction of sp³-hybridized carbons (Fsp3) is 0.270. The number of aliphatic hydroxyl groups is 1. The largest absolute Gasteiger partial charge is 0.457 e. The topological polar surface area (TPSA) is 92.3 Å². The van der Waals surface area contributed by atoms with Crippen molar-refractivity contribution < 1.29 is 24.1 Å². The van der Waals surface area contributed by atoms with Gasteiger partial charge < -0.3 is 34.9 Å². The molecule has 0 spiro atoms. The molecule has 2 amide bonds. The molecule has 45 heavy (non-hydrogen) atoms. The minimum atomic E-state index is -0.551. The van der Waals surface area contributed by atoms with Crippen LogP contribution in [0.1, 0.15) is 41.6 Å². The number of aliphatic hydroxyl groups excluding tert-OH is 1. The molecular weight excluding hydrogens is 566 g/mol. The number of nitrogens with zero attached hydrogens (tertiary/aromatic N) is 1. The van der Waals surface area contributed by atoms with E-state index in [1.54, 1.807) is 12.1 Å². The van der Waals surface area contributed by atoms with Gasteiger partial charge in [-0.15, -0.1) is 6.58 Å². The molecule has 4 aromatic rings. The monoisotopic (exact) mass is 607 g/mol. The fourth-order valence-electron chi connectivity index (χ4n) is 5.31. The normalized spacial score (nSPS) is 19.6. The molecule has 0 aromatic heterocycles. The van der Waals surface area contributed by atoms with E-state index in [9.17, 15) is 9.90 Å². The Hall–Kier alpha value is -4.47. The molecule has 1 aliphatic rings. The van der Waals surface area contributed by atoms with Gasteiger partial charge in [0, 0.05) is 36.8 Å². The number of benzene rings is 4. The predicted octanol–water partition coefficient (Wildman–Crippen LogP) is 7.20. The van der Waals surface area contributed by atoms with E-state index in [0.717, 1.165) is 41.1 Å². The van der Waals surface area contributed by atoms with Crippen molar-refractivity contribution in [2.45, 2.75) is 38.6 Å². The molecule has 0 aliphatic carbocycles. The minimum Gasteiger partial charge on any atom is -0.457 e. The molecular formula is C37H41N3O5. The Balaban J connectivity index is 1.18. The lowest BCUT2D eigenvalue weighted by atomic mass is 9.90. The van der Waals surface area contributed by atoms with Gasteiger partial charge in [0.05, 0.1) is 18.8 Å². The average molecular weight is 608 g/mol. The summed E-state index contributed by atoms with van der Waals surface area (Å²) < 4.78 is 18.9. The Morgan fingerprint density at radius 2 is 1.53 bits per heavy atom. The Bertz CT molecular complexity index is 1510. The highest BCUT2D eigenvalue weighted by Crippen LogP contribution is 2.41. The van der Waals surface area contributed by atoms with Gasteiger partial charge >= 0.3 is 6.03 Å². The zero-order valence-corrected chi connectivity index (χ0v) is 25.8. The van der Waals surface area contributed by atoms with Gasteiger partial charge in [-0.3, -0.25) is 0 Å². The number of nitrogens with one attached hydrogen (secondary N) is 2. The highest BCUT2D eigenvalue weighted by Gasteiger charge is 2.38. The lowest BCUT2D eigenvalue weighted by molar-refractivity contribution is -0.275. The smallest absolute Gasteiger partial charge is 0.319 e. The van der Waals surface area contributed by atoms with Gasteiger partial charge in [0.1, 0.15) is 11.5 Å². The third-order valence-corrected chi connectivity index (χ3v) is 7.85. The summed E-state index contributed by atoms with van der Waals surface area (Å²) in [5.74, 6) is 1.54. The van der Waals surface area contributed by atoms with Crippen molar-refractivity contribution >= 4 is 11.7 Å². The van der Waals surface area contributed by atoms with Crippen molar-refractivity contribution in [3.63, 3.8) is 0 Å². The molecule has 4 atom stereocenters. The minimum absolute atomic E-state index is 0.00263. The lowest BCUT2D eigenvalue weighted by Crippen LogP contribution is -2.43. The highest BCUT2D eigenvalue weighted by atomic mass is 16.7. The first-order valence-corrected chi connectivity index (χ1v) is 15.2. The zero-order valence-electron chi connectivity index (χ0n) is 25.8. The van der Waals surface area contributed by atoms with Crippen LogP contribution in [0.25, 0.3) is 0 Å². The van der Waals surface area contributed by atoms with Gasteiger partial charge in [-0.05, 0) is 60.1 Å². The van der Waals surface area contributed by atoms with Crippen molar-refractivity contribution in [3.05, 3.63) is 138 Å². The van der Waals surface area contributed by atoms with Gasteiger partial charge in [0.15, 0.2) is 6.29 Å². The molecule has 0 radical (unpaired) electrons. The summed E-state index contributed by atoms with van der Waals surface area (Å²) in [4.78, 5) is 14.8. The average Bonchev–Trinajstić information content (AvgIpc) is 3.06. The van der Waals surface area contributed by atoms with Gasteiger partial charge in [-0.2, -0.15) is 0 Å². The molecule has 3 N–H and O–H groups in total. The Morgan fingerprint density at radius 3 is 2.20 bits per heavy atom. The number of ether oxygens (including phenoxy) is 3. The van der Waals surface area contributed by atoms with E-state index in [4.69, 9.17) is 14.2 Å². The highest BCUT2D eigenvalue weighted by molar-refractivity contribution is 5.89. The van der Waals surface area contributed by atoms with E-state index in [0.29, 0.717) is 18.0 Å². The van der Waals surface area contributed by atoms with Crippen LogP contribution in [0.4, 0.5) is 10.5 Å². The second-order valence-corrected chi connectivity index (χ2v) is 11.3. The van der Waals surface area contributed by atoms with Crippen LogP contribution in [0.15, 0.2) is 116 Å². The number of para-hydroxylation sites is 1. The number of hydrogen-bond acceptors (Lipinski definition) is 6. The number of amides is 2. The first kappa shape index (κ1) is 31.9. The quantitative estimate of drug-likeness (QED) is 0.148. The molecule has 0 saturated carbocycles. The van der Waals surface area contributed by atoms with E-state index in [2.05, 4.69) is 36.1 Å². The van der Waals surface area contributed by atoms with Crippen LogP contribution >= 0.6 is 0 Å². The van der Waals surface area contributed by atoms with Gasteiger partial charge in [0.2, 0.25) is 0 Å². The van der Waals surface area contributed by atoms with E-state index in [-0.39, 0.29) is 30.8 Å². The Labute approximate surface area is 265 Å². The van der Waals surface area contributed by atoms with E-state index < -0.39 is 6.29 Å². The number of urea groups is 1. The maximum Gasteiger partial charge on any atom is 0.319 e. The maximum atomic E-state index is 12.6. The van der Waals surface area contributed by atoms with E-state index >= 15 is 0 Å². The second kappa shape index (κ2) is 15.5. The van der Waals surface area contributed by atoms with Gasteiger partial charge in [-0.1, -0.05) is 79.7 Å². The molecule has 8 nitrogen and oxygen atoms in total. The Kier molecular flexibility index (Phi) is 11.0. The van der Waals surface area contributed by atoms with Crippen LogP contribution in [0, 0.1) is 5.92 Å². The number of anilines is 1. The van der Waals surface area contributed by atoms with Crippen molar-refractivity contribution in [1.29, 1.82) is 0 Å². The first-order valence-electron chi connectivity index (χ1n) is 15.2. The zero-order chi connectivity index (χ0) is 31.6. The van der Waals surface area contributed by atoms with Crippen molar-refractivity contribution in [1.82, 2.24) is 10.2 Å². The summed E-state index contributed by atoms with van der Waals surface area (Å²) in [6, 6.07) is 32.3. The summed E-state index contributed by atoms with van der Waals surface area (Å²) >= 11 is 0. The van der Waals surface area contributed by atoms with Crippen molar-refractivity contribution in [2.75, 3.05) is 25.5 Å². The third-order valence-electron chi connectivity index (χ3n) is 7.85. The number of rotatable bonds is 12. The number of carbonyl (C=O) groups excluding carboxylic acids is 1. The van der Waals surface area contributed by atoms with Crippen LogP contribution in [0.5, 0.6) is 11.5 Å². The Morgan fingerprint density at radius 1 is 0.889 bits per heavy atom.